The van der Waals surface area contributed by atoms with Crippen LogP contribution in [0.5, 0.6) is 0 Å². The summed E-state index contributed by atoms with van der Waals surface area (Å²) < 4.78 is 28.5. The number of phosphoric ester groups is 1. The van der Waals surface area contributed by atoms with Crippen molar-refractivity contribution in [2.24, 2.45) is 0 Å². The van der Waals surface area contributed by atoms with Crippen molar-refractivity contribution in [2.45, 2.75) is 78.4 Å². The van der Waals surface area contributed by atoms with E-state index >= 15 is 0 Å². The Morgan fingerprint density at radius 2 is 1.28 bits per heavy atom. The first-order valence-corrected chi connectivity index (χ1v) is 8.53. The first kappa shape index (κ1) is 18.1. The Kier molecular flexibility index (Phi) is 10.0. The summed E-state index contributed by atoms with van der Waals surface area (Å²) in [5.41, 5.74) is 0. The van der Waals surface area contributed by atoms with Crippen LogP contribution in [0.4, 0.5) is 0 Å². The molecule has 0 N–H and O–H groups in total. The molecule has 2 atom stereocenters. The summed E-state index contributed by atoms with van der Waals surface area (Å²) >= 11 is 0. The van der Waals surface area contributed by atoms with Crippen LogP contribution in [0.25, 0.3) is 0 Å². The molecule has 0 saturated heterocycles. The maximum absolute atomic E-state index is 12.4. The zero-order chi connectivity index (χ0) is 14.0. The van der Waals surface area contributed by atoms with Crippen molar-refractivity contribution in [3.63, 3.8) is 0 Å². The van der Waals surface area contributed by atoms with Gasteiger partial charge >= 0.3 is 7.82 Å². The Labute approximate surface area is 112 Å². The summed E-state index contributed by atoms with van der Waals surface area (Å²) in [7, 11) is -2.02. The first-order chi connectivity index (χ1) is 8.55. The standard InChI is InChI=1S/C13H29O4P/c1-6-10-12(8-3)16-18(14,15-5)17-13(9-4)11-7-2/h12-13H,6-11H2,1-5H3. The molecular weight excluding hydrogens is 251 g/mol. The number of hydrogen-bond acceptors (Lipinski definition) is 4. The summed E-state index contributed by atoms with van der Waals surface area (Å²) in [6.45, 7) is 8.19. The minimum Gasteiger partial charge on any atom is -0.290 e. The van der Waals surface area contributed by atoms with E-state index in [4.69, 9.17) is 13.6 Å². The molecule has 18 heavy (non-hydrogen) atoms. The molecule has 2 unspecified atom stereocenters. The third kappa shape index (κ3) is 6.89. The van der Waals surface area contributed by atoms with E-state index in [0.29, 0.717) is 0 Å². The molecule has 0 aromatic rings. The van der Waals surface area contributed by atoms with Crippen molar-refractivity contribution in [2.75, 3.05) is 7.11 Å². The van der Waals surface area contributed by atoms with Crippen LogP contribution in [0.3, 0.4) is 0 Å². The molecule has 0 spiro atoms. The lowest BCUT2D eigenvalue weighted by Crippen LogP contribution is -2.16. The van der Waals surface area contributed by atoms with E-state index in [9.17, 15) is 4.57 Å². The van der Waals surface area contributed by atoms with Crippen LogP contribution in [-0.4, -0.2) is 19.3 Å². The lowest BCUT2D eigenvalue weighted by molar-refractivity contribution is 0.0539. The Hall–Kier alpha value is 0.110. The van der Waals surface area contributed by atoms with Gasteiger partial charge in [-0.3, -0.25) is 13.6 Å². The lowest BCUT2D eigenvalue weighted by Gasteiger charge is -2.25. The van der Waals surface area contributed by atoms with Gasteiger partial charge in [-0.15, -0.1) is 0 Å². The predicted molar refractivity (Wildman–Crippen MR) is 74.8 cm³/mol. The fourth-order valence-electron chi connectivity index (χ4n) is 1.78. The average Bonchev–Trinajstić information content (AvgIpc) is 2.37. The monoisotopic (exact) mass is 280 g/mol. The second-order valence-electron chi connectivity index (χ2n) is 4.48. The molecule has 4 nitrogen and oxygen atoms in total. The van der Waals surface area contributed by atoms with Crippen molar-refractivity contribution in [1.82, 2.24) is 0 Å². The zero-order valence-corrected chi connectivity index (χ0v) is 13.4. The van der Waals surface area contributed by atoms with Gasteiger partial charge in [0.1, 0.15) is 0 Å². The highest BCUT2D eigenvalue weighted by Gasteiger charge is 2.31. The Bertz CT molecular complexity index is 225. The average molecular weight is 280 g/mol. The summed E-state index contributed by atoms with van der Waals surface area (Å²) in [6, 6.07) is 0. The second-order valence-corrected chi connectivity index (χ2v) is 6.16. The molecule has 0 aliphatic heterocycles. The highest BCUT2D eigenvalue weighted by atomic mass is 31.2. The van der Waals surface area contributed by atoms with E-state index in [-0.39, 0.29) is 12.2 Å². The molecule has 0 amide bonds. The van der Waals surface area contributed by atoms with Crippen molar-refractivity contribution in [3.05, 3.63) is 0 Å². The third-order valence-electron chi connectivity index (χ3n) is 2.91. The topological polar surface area (TPSA) is 44.8 Å². The minimum absolute atomic E-state index is 0.0556. The number of hydrogen-bond donors (Lipinski definition) is 0. The molecule has 0 saturated carbocycles. The molecule has 0 aliphatic carbocycles. The van der Waals surface area contributed by atoms with Gasteiger partial charge in [-0.1, -0.05) is 40.5 Å². The van der Waals surface area contributed by atoms with E-state index in [2.05, 4.69) is 13.8 Å². The molecule has 0 radical (unpaired) electrons. The largest absolute Gasteiger partial charge is 0.475 e. The van der Waals surface area contributed by atoms with E-state index in [1.54, 1.807) is 0 Å². The minimum atomic E-state index is -3.40. The SMILES string of the molecule is CCCC(CC)OP(=O)(OC)OC(CC)CCC. The van der Waals surface area contributed by atoms with Gasteiger partial charge in [0.25, 0.3) is 0 Å². The van der Waals surface area contributed by atoms with Crippen LogP contribution >= 0.6 is 7.82 Å². The van der Waals surface area contributed by atoms with Gasteiger partial charge in [-0.2, -0.15) is 0 Å². The van der Waals surface area contributed by atoms with Crippen molar-refractivity contribution >= 4 is 7.82 Å². The lowest BCUT2D eigenvalue weighted by atomic mass is 10.2. The Balaban J connectivity index is 4.52. The molecule has 0 heterocycles. The number of rotatable bonds is 11. The second kappa shape index (κ2) is 9.96. The fraction of sp³-hybridized carbons (Fsp3) is 1.00. The molecule has 0 aromatic heterocycles. The summed E-state index contributed by atoms with van der Waals surface area (Å²) in [6.07, 6.45) is 5.25. The molecule has 5 heteroatoms. The van der Waals surface area contributed by atoms with Gasteiger partial charge in [-0.05, 0) is 25.7 Å². The normalized spacial score (nSPS) is 18.3. The molecular formula is C13H29O4P. The molecule has 0 fully saturated rings. The summed E-state index contributed by atoms with van der Waals surface area (Å²) in [5.74, 6) is 0. The van der Waals surface area contributed by atoms with Gasteiger partial charge in [0.05, 0.1) is 12.2 Å². The highest BCUT2D eigenvalue weighted by Crippen LogP contribution is 2.52. The molecule has 0 bridgehead atoms. The van der Waals surface area contributed by atoms with E-state index in [0.717, 1.165) is 38.5 Å². The van der Waals surface area contributed by atoms with Crippen LogP contribution in [0.1, 0.15) is 66.2 Å². The summed E-state index contributed by atoms with van der Waals surface area (Å²) in [4.78, 5) is 0. The highest BCUT2D eigenvalue weighted by molar-refractivity contribution is 7.48. The molecule has 110 valence electrons. The van der Waals surface area contributed by atoms with Crippen LogP contribution in [0.2, 0.25) is 0 Å². The molecule has 0 aliphatic rings. The van der Waals surface area contributed by atoms with E-state index in [1.165, 1.54) is 7.11 Å². The van der Waals surface area contributed by atoms with Crippen LogP contribution in [0.15, 0.2) is 0 Å². The van der Waals surface area contributed by atoms with Crippen molar-refractivity contribution < 1.29 is 18.1 Å². The predicted octanol–water partition coefficient (Wildman–Crippen LogP) is 4.93. The van der Waals surface area contributed by atoms with Crippen LogP contribution in [0, 0.1) is 0 Å². The van der Waals surface area contributed by atoms with Crippen molar-refractivity contribution in [3.8, 4) is 0 Å². The van der Waals surface area contributed by atoms with E-state index < -0.39 is 7.82 Å². The maximum atomic E-state index is 12.4. The first-order valence-electron chi connectivity index (χ1n) is 7.07. The summed E-state index contributed by atoms with van der Waals surface area (Å²) in [5, 5.41) is 0. The maximum Gasteiger partial charge on any atom is 0.475 e. The van der Waals surface area contributed by atoms with E-state index in [1.807, 2.05) is 13.8 Å². The van der Waals surface area contributed by atoms with Crippen molar-refractivity contribution in [1.29, 1.82) is 0 Å². The van der Waals surface area contributed by atoms with Crippen LogP contribution in [-0.2, 0) is 18.1 Å². The van der Waals surface area contributed by atoms with Crippen LogP contribution < -0.4 is 0 Å². The quantitative estimate of drug-likeness (QED) is 0.503. The van der Waals surface area contributed by atoms with Gasteiger partial charge in [0.15, 0.2) is 0 Å². The van der Waals surface area contributed by atoms with Gasteiger partial charge in [0.2, 0.25) is 0 Å². The number of phosphoric acid groups is 1. The Morgan fingerprint density at radius 3 is 1.50 bits per heavy atom. The molecule has 0 rings (SSSR count). The third-order valence-corrected chi connectivity index (χ3v) is 4.47. The Morgan fingerprint density at radius 1 is 0.889 bits per heavy atom. The smallest absolute Gasteiger partial charge is 0.290 e. The zero-order valence-electron chi connectivity index (χ0n) is 12.5. The van der Waals surface area contributed by atoms with Gasteiger partial charge < -0.3 is 0 Å². The fourth-order valence-corrected chi connectivity index (χ4v) is 3.24. The van der Waals surface area contributed by atoms with Gasteiger partial charge in [-0.25, -0.2) is 4.57 Å². The van der Waals surface area contributed by atoms with Gasteiger partial charge in [0, 0.05) is 7.11 Å². The molecule has 0 aromatic carbocycles.